The zero-order valence-electron chi connectivity index (χ0n) is 8.77. The number of phenolic OH excluding ortho intramolecular Hbond substituents is 2. The minimum atomic E-state index is -0.109. The topological polar surface area (TPSA) is 106 Å². The second-order valence-corrected chi connectivity index (χ2v) is 3.86. The van der Waals surface area contributed by atoms with Gasteiger partial charge < -0.3 is 26.1 Å². The standard InChI is InChI=1S/C12H10N2O3/c13-5-1-3-7-9(11(5)15)10-8(17-7)4-2-6(14)12(10)16/h1-4,15-16H,13-14H2. The Morgan fingerprint density at radius 3 is 1.59 bits per heavy atom. The van der Waals surface area contributed by atoms with E-state index in [1.807, 2.05) is 0 Å². The van der Waals surface area contributed by atoms with E-state index in [4.69, 9.17) is 15.9 Å². The molecular formula is C12H10N2O3. The molecule has 5 nitrogen and oxygen atoms in total. The average Bonchev–Trinajstić information content (AvgIpc) is 2.69. The van der Waals surface area contributed by atoms with Gasteiger partial charge in [0.15, 0.2) is 0 Å². The maximum atomic E-state index is 9.92. The van der Waals surface area contributed by atoms with Crippen molar-refractivity contribution >= 4 is 33.3 Å². The number of phenols is 2. The molecule has 0 aliphatic rings. The van der Waals surface area contributed by atoms with Crippen LogP contribution in [0.2, 0.25) is 0 Å². The first-order valence-electron chi connectivity index (χ1n) is 5.00. The van der Waals surface area contributed by atoms with Gasteiger partial charge >= 0.3 is 0 Å². The summed E-state index contributed by atoms with van der Waals surface area (Å²) < 4.78 is 5.49. The summed E-state index contributed by atoms with van der Waals surface area (Å²) in [6, 6.07) is 6.36. The maximum Gasteiger partial charge on any atom is 0.150 e. The van der Waals surface area contributed by atoms with E-state index in [9.17, 15) is 10.2 Å². The van der Waals surface area contributed by atoms with Crippen molar-refractivity contribution in [3.05, 3.63) is 24.3 Å². The van der Waals surface area contributed by atoms with E-state index >= 15 is 0 Å². The molecule has 3 rings (SSSR count). The number of fused-ring (bicyclic) bond motifs is 3. The van der Waals surface area contributed by atoms with E-state index in [-0.39, 0.29) is 22.9 Å². The third-order valence-corrected chi connectivity index (χ3v) is 2.81. The van der Waals surface area contributed by atoms with E-state index in [1.54, 1.807) is 24.3 Å². The van der Waals surface area contributed by atoms with Gasteiger partial charge in [0.2, 0.25) is 0 Å². The lowest BCUT2D eigenvalue weighted by atomic mass is 10.1. The first-order valence-corrected chi connectivity index (χ1v) is 5.00. The Bertz CT molecular complexity index is 684. The highest BCUT2D eigenvalue weighted by Crippen LogP contribution is 2.43. The molecular weight excluding hydrogens is 220 g/mol. The third-order valence-electron chi connectivity index (χ3n) is 2.81. The van der Waals surface area contributed by atoms with Crippen molar-refractivity contribution in [1.82, 2.24) is 0 Å². The number of hydrogen-bond acceptors (Lipinski definition) is 5. The predicted molar refractivity (Wildman–Crippen MR) is 65.9 cm³/mol. The van der Waals surface area contributed by atoms with Crippen molar-refractivity contribution in [2.24, 2.45) is 0 Å². The lowest BCUT2D eigenvalue weighted by Crippen LogP contribution is -1.86. The van der Waals surface area contributed by atoms with Gasteiger partial charge in [-0.25, -0.2) is 0 Å². The molecule has 6 N–H and O–H groups in total. The van der Waals surface area contributed by atoms with Crippen LogP contribution < -0.4 is 11.5 Å². The van der Waals surface area contributed by atoms with Crippen molar-refractivity contribution in [2.75, 3.05) is 11.5 Å². The third kappa shape index (κ3) is 1.13. The molecule has 0 aliphatic heterocycles. The van der Waals surface area contributed by atoms with Gasteiger partial charge in [-0.15, -0.1) is 0 Å². The average molecular weight is 230 g/mol. The molecule has 0 atom stereocenters. The molecule has 0 radical (unpaired) electrons. The minimum Gasteiger partial charge on any atom is -0.505 e. The Hall–Kier alpha value is -2.56. The summed E-state index contributed by atoms with van der Waals surface area (Å²) in [5.41, 5.74) is 12.6. The molecule has 2 aromatic carbocycles. The van der Waals surface area contributed by atoms with Crippen molar-refractivity contribution in [3.8, 4) is 11.5 Å². The van der Waals surface area contributed by atoms with Crippen molar-refractivity contribution in [3.63, 3.8) is 0 Å². The smallest absolute Gasteiger partial charge is 0.150 e. The van der Waals surface area contributed by atoms with Gasteiger partial charge in [0, 0.05) is 0 Å². The van der Waals surface area contributed by atoms with E-state index < -0.39 is 0 Å². The zero-order chi connectivity index (χ0) is 12.2. The first kappa shape index (κ1) is 9.65. The number of nitrogens with two attached hydrogens (primary N) is 2. The van der Waals surface area contributed by atoms with Crippen LogP contribution in [-0.2, 0) is 0 Å². The molecule has 0 saturated carbocycles. The summed E-state index contributed by atoms with van der Waals surface area (Å²) in [6.45, 7) is 0. The zero-order valence-corrected chi connectivity index (χ0v) is 8.77. The largest absolute Gasteiger partial charge is 0.505 e. The second kappa shape index (κ2) is 2.98. The van der Waals surface area contributed by atoms with E-state index in [2.05, 4.69) is 0 Å². The van der Waals surface area contributed by atoms with Crippen molar-refractivity contribution < 1.29 is 14.6 Å². The summed E-state index contributed by atoms with van der Waals surface area (Å²) in [7, 11) is 0. The minimum absolute atomic E-state index is 0.109. The van der Waals surface area contributed by atoms with Crippen LogP contribution in [0.3, 0.4) is 0 Å². The lowest BCUT2D eigenvalue weighted by molar-refractivity contribution is 0.480. The molecule has 0 unspecified atom stereocenters. The van der Waals surface area contributed by atoms with Gasteiger partial charge in [-0.2, -0.15) is 0 Å². The molecule has 17 heavy (non-hydrogen) atoms. The van der Waals surface area contributed by atoms with Crippen LogP contribution in [0.1, 0.15) is 0 Å². The number of aromatic hydroxyl groups is 2. The van der Waals surface area contributed by atoms with Gasteiger partial charge in [-0.3, -0.25) is 0 Å². The highest BCUT2D eigenvalue weighted by atomic mass is 16.3. The van der Waals surface area contributed by atoms with E-state index in [0.717, 1.165) is 0 Å². The molecule has 0 amide bonds. The Morgan fingerprint density at radius 1 is 0.765 bits per heavy atom. The SMILES string of the molecule is Nc1ccc2oc3ccc(N)c(O)c3c2c1O. The Kier molecular flexibility index (Phi) is 1.69. The van der Waals surface area contributed by atoms with Gasteiger partial charge in [0.25, 0.3) is 0 Å². The van der Waals surface area contributed by atoms with E-state index in [1.165, 1.54) is 0 Å². The second-order valence-electron chi connectivity index (χ2n) is 3.86. The van der Waals surface area contributed by atoms with Gasteiger partial charge in [0.1, 0.15) is 22.7 Å². The fourth-order valence-electron chi connectivity index (χ4n) is 1.95. The number of benzene rings is 2. The van der Waals surface area contributed by atoms with Crippen molar-refractivity contribution in [1.29, 1.82) is 0 Å². The lowest BCUT2D eigenvalue weighted by Gasteiger charge is -2.01. The monoisotopic (exact) mass is 230 g/mol. The molecule has 0 bridgehead atoms. The molecule has 1 heterocycles. The number of hydrogen-bond donors (Lipinski definition) is 4. The van der Waals surface area contributed by atoms with Crippen LogP contribution >= 0.6 is 0 Å². The Morgan fingerprint density at radius 2 is 1.18 bits per heavy atom. The highest BCUT2D eigenvalue weighted by Gasteiger charge is 2.17. The first-order chi connectivity index (χ1) is 8.09. The molecule has 0 saturated heterocycles. The van der Waals surface area contributed by atoms with Crippen molar-refractivity contribution in [2.45, 2.75) is 0 Å². The molecule has 0 fully saturated rings. The molecule has 0 aliphatic carbocycles. The van der Waals surface area contributed by atoms with Gasteiger partial charge in [-0.05, 0) is 24.3 Å². The fourth-order valence-corrected chi connectivity index (χ4v) is 1.95. The van der Waals surface area contributed by atoms with Crippen LogP contribution in [0, 0.1) is 0 Å². The summed E-state index contributed by atoms with van der Waals surface area (Å²) in [5, 5.41) is 20.6. The summed E-state index contributed by atoms with van der Waals surface area (Å²) in [5.74, 6) is -0.218. The summed E-state index contributed by atoms with van der Waals surface area (Å²) >= 11 is 0. The molecule has 3 aromatic rings. The van der Waals surface area contributed by atoms with Crippen LogP contribution in [-0.4, -0.2) is 10.2 Å². The fraction of sp³-hybridized carbons (Fsp3) is 0. The molecule has 0 spiro atoms. The number of nitrogen functional groups attached to an aromatic ring is 2. The quantitative estimate of drug-likeness (QED) is 0.350. The summed E-state index contributed by atoms with van der Waals surface area (Å²) in [4.78, 5) is 0. The summed E-state index contributed by atoms with van der Waals surface area (Å²) in [6.07, 6.45) is 0. The maximum absolute atomic E-state index is 9.92. The Balaban J connectivity index is 2.65. The van der Waals surface area contributed by atoms with Crippen LogP contribution in [0.5, 0.6) is 11.5 Å². The molecule has 86 valence electrons. The number of furan rings is 1. The molecule has 1 aromatic heterocycles. The van der Waals surface area contributed by atoms with Crippen LogP contribution in [0.15, 0.2) is 28.7 Å². The van der Waals surface area contributed by atoms with Gasteiger partial charge in [0.05, 0.1) is 22.1 Å². The predicted octanol–water partition coefficient (Wildman–Crippen LogP) is 2.16. The number of rotatable bonds is 0. The molecule has 5 heteroatoms. The van der Waals surface area contributed by atoms with E-state index in [0.29, 0.717) is 21.9 Å². The van der Waals surface area contributed by atoms with Crippen LogP contribution in [0.25, 0.3) is 21.9 Å². The Labute approximate surface area is 95.9 Å². The highest BCUT2D eigenvalue weighted by molar-refractivity contribution is 6.14. The van der Waals surface area contributed by atoms with Crippen LogP contribution in [0.4, 0.5) is 11.4 Å². The number of anilines is 2. The van der Waals surface area contributed by atoms with Gasteiger partial charge in [-0.1, -0.05) is 0 Å². The normalized spacial score (nSPS) is 11.3.